The molecule has 0 atom stereocenters. The van der Waals surface area contributed by atoms with Gasteiger partial charge in [0.15, 0.2) is 11.6 Å². The molecular formula is C25H29F2N3. The molecule has 2 heterocycles. The van der Waals surface area contributed by atoms with Gasteiger partial charge in [-0.25, -0.2) is 8.78 Å². The van der Waals surface area contributed by atoms with Gasteiger partial charge >= 0.3 is 0 Å². The summed E-state index contributed by atoms with van der Waals surface area (Å²) in [4.78, 5) is 9.02. The molecule has 0 aromatic heterocycles. The first-order valence-electron chi connectivity index (χ1n) is 10.7. The second-order valence-electron chi connectivity index (χ2n) is 8.54. The fourth-order valence-electron chi connectivity index (χ4n) is 4.46. The molecule has 2 aliphatic heterocycles. The summed E-state index contributed by atoms with van der Waals surface area (Å²) in [5.74, 6) is -1.63. The van der Waals surface area contributed by atoms with Gasteiger partial charge in [0.1, 0.15) is 6.67 Å². The predicted molar refractivity (Wildman–Crippen MR) is 118 cm³/mol. The van der Waals surface area contributed by atoms with Crippen LogP contribution in [-0.4, -0.2) is 48.9 Å². The van der Waals surface area contributed by atoms with E-state index < -0.39 is 11.6 Å². The van der Waals surface area contributed by atoms with E-state index in [1.165, 1.54) is 30.5 Å². The van der Waals surface area contributed by atoms with Gasteiger partial charge in [-0.1, -0.05) is 37.3 Å². The van der Waals surface area contributed by atoms with Crippen molar-refractivity contribution >= 4 is 11.9 Å². The molecule has 0 aliphatic carbocycles. The molecule has 2 aromatic rings. The summed E-state index contributed by atoms with van der Waals surface area (Å²) in [6.07, 6.45) is 6.97. The van der Waals surface area contributed by atoms with E-state index in [4.69, 9.17) is 0 Å². The summed E-state index contributed by atoms with van der Waals surface area (Å²) in [6.45, 7) is 7.02. The van der Waals surface area contributed by atoms with E-state index in [1.54, 1.807) is 12.3 Å². The number of piperidine rings is 1. The Bertz CT molecular complexity index is 915. The van der Waals surface area contributed by atoms with E-state index in [1.807, 2.05) is 6.08 Å². The first kappa shape index (κ1) is 20.7. The summed E-state index contributed by atoms with van der Waals surface area (Å²) >= 11 is 0. The van der Waals surface area contributed by atoms with Gasteiger partial charge in [0.2, 0.25) is 0 Å². The van der Waals surface area contributed by atoms with Gasteiger partial charge in [-0.2, -0.15) is 0 Å². The highest BCUT2D eigenvalue weighted by atomic mass is 19.2. The van der Waals surface area contributed by atoms with Crippen LogP contribution < -0.4 is 0 Å². The molecule has 0 N–H and O–H groups in total. The Balaban J connectivity index is 1.29. The number of halogens is 2. The van der Waals surface area contributed by atoms with Gasteiger partial charge in [-0.05, 0) is 74.2 Å². The van der Waals surface area contributed by atoms with Crippen molar-refractivity contribution < 1.29 is 8.78 Å². The minimum absolute atomic E-state index is 0.266. The second-order valence-corrected chi connectivity index (χ2v) is 8.54. The summed E-state index contributed by atoms with van der Waals surface area (Å²) in [6, 6.07) is 14.9. The lowest BCUT2D eigenvalue weighted by Crippen LogP contribution is -2.42. The average molecular weight is 410 g/mol. The Labute approximate surface area is 177 Å². The van der Waals surface area contributed by atoms with Crippen molar-refractivity contribution in [3.05, 3.63) is 77.4 Å². The Morgan fingerprint density at radius 1 is 0.967 bits per heavy atom. The third kappa shape index (κ3) is 4.62. The number of hydrogen-bond donors (Lipinski definition) is 0. The Kier molecular flexibility index (Phi) is 6.28. The maximum absolute atomic E-state index is 13.7. The highest BCUT2D eigenvalue weighted by Crippen LogP contribution is 2.34. The third-order valence-electron chi connectivity index (χ3n) is 6.48. The summed E-state index contributed by atoms with van der Waals surface area (Å²) < 4.78 is 27.0. The number of hydrogen-bond acceptors (Lipinski definition) is 3. The van der Waals surface area contributed by atoms with Crippen LogP contribution >= 0.6 is 0 Å². The number of rotatable bonds is 6. The van der Waals surface area contributed by atoms with E-state index in [2.05, 4.69) is 52.0 Å². The maximum atomic E-state index is 13.7. The quantitative estimate of drug-likeness (QED) is 0.662. The van der Waals surface area contributed by atoms with Crippen molar-refractivity contribution in [2.75, 3.05) is 32.8 Å². The van der Waals surface area contributed by atoms with Crippen LogP contribution in [0, 0.1) is 11.6 Å². The van der Waals surface area contributed by atoms with E-state index in [9.17, 15) is 8.78 Å². The number of likely N-dealkylation sites (tertiary alicyclic amines) is 1. The van der Waals surface area contributed by atoms with Crippen LogP contribution in [-0.2, 0) is 5.41 Å². The maximum Gasteiger partial charge on any atom is 0.159 e. The fraction of sp³-hybridized carbons (Fsp3) is 0.400. The highest BCUT2D eigenvalue weighted by molar-refractivity contribution is 5.85. The van der Waals surface area contributed by atoms with E-state index >= 15 is 0 Å². The minimum atomic E-state index is -0.817. The number of benzene rings is 2. The number of nitrogens with zero attached hydrogens (tertiary/aromatic N) is 3. The molecule has 0 saturated carbocycles. The highest BCUT2D eigenvalue weighted by Gasteiger charge is 2.31. The number of aliphatic imine (C=N–C) groups is 1. The van der Waals surface area contributed by atoms with Crippen molar-refractivity contribution in [1.82, 2.24) is 9.80 Å². The first-order valence-corrected chi connectivity index (χ1v) is 10.7. The Hall–Kier alpha value is -2.53. The van der Waals surface area contributed by atoms with Crippen molar-refractivity contribution in [2.24, 2.45) is 4.99 Å². The lowest BCUT2D eigenvalue weighted by molar-refractivity contribution is 0.163. The molecule has 0 radical (unpaired) electrons. The largest absolute Gasteiger partial charge is 0.352 e. The predicted octanol–water partition coefficient (Wildman–Crippen LogP) is 5.09. The zero-order chi connectivity index (χ0) is 21.0. The van der Waals surface area contributed by atoms with Crippen molar-refractivity contribution in [3.63, 3.8) is 0 Å². The molecule has 30 heavy (non-hydrogen) atoms. The SMILES string of the molecule is CC1(c2ccccc2)CCN(CCCN2CN=CC=C2c2ccc(F)c(F)c2)CC1. The van der Waals surface area contributed by atoms with E-state index in [0.29, 0.717) is 12.2 Å². The van der Waals surface area contributed by atoms with Crippen LogP contribution in [0.1, 0.15) is 37.3 Å². The van der Waals surface area contributed by atoms with E-state index in [-0.39, 0.29) is 5.41 Å². The molecule has 1 saturated heterocycles. The molecule has 1 fully saturated rings. The normalized spacial score (nSPS) is 19.0. The molecule has 0 unspecified atom stereocenters. The van der Waals surface area contributed by atoms with Crippen LogP contribution in [0.5, 0.6) is 0 Å². The van der Waals surface area contributed by atoms with Gasteiger partial charge in [-0.15, -0.1) is 0 Å². The zero-order valence-corrected chi connectivity index (χ0v) is 17.5. The molecule has 158 valence electrons. The summed E-state index contributed by atoms with van der Waals surface area (Å²) in [5.41, 5.74) is 3.30. The molecular weight excluding hydrogens is 380 g/mol. The van der Waals surface area contributed by atoms with Crippen LogP contribution in [0.4, 0.5) is 8.78 Å². The second kappa shape index (κ2) is 9.09. The van der Waals surface area contributed by atoms with Gasteiger partial charge < -0.3 is 9.80 Å². The molecule has 0 spiro atoms. The molecule has 2 aliphatic rings. The topological polar surface area (TPSA) is 18.8 Å². The van der Waals surface area contributed by atoms with E-state index in [0.717, 1.165) is 38.3 Å². The molecule has 0 bridgehead atoms. The average Bonchev–Trinajstić information content (AvgIpc) is 2.78. The smallest absolute Gasteiger partial charge is 0.159 e. The van der Waals surface area contributed by atoms with Crippen molar-refractivity contribution in [3.8, 4) is 0 Å². The molecule has 0 amide bonds. The van der Waals surface area contributed by atoms with Gasteiger partial charge in [0.05, 0.1) is 0 Å². The zero-order valence-electron chi connectivity index (χ0n) is 17.5. The van der Waals surface area contributed by atoms with Crippen molar-refractivity contribution in [1.29, 1.82) is 0 Å². The lowest BCUT2D eigenvalue weighted by Gasteiger charge is -2.40. The van der Waals surface area contributed by atoms with Gasteiger partial charge in [-0.3, -0.25) is 4.99 Å². The lowest BCUT2D eigenvalue weighted by atomic mass is 9.74. The molecule has 4 rings (SSSR count). The minimum Gasteiger partial charge on any atom is -0.352 e. The van der Waals surface area contributed by atoms with Gasteiger partial charge in [0, 0.05) is 24.0 Å². The van der Waals surface area contributed by atoms with Crippen LogP contribution in [0.15, 0.2) is 59.6 Å². The van der Waals surface area contributed by atoms with Crippen LogP contribution in [0.2, 0.25) is 0 Å². The molecule has 3 nitrogen and oxygen atoms in total. The fourth-order valence-corrected chi connectivity index (χ4v) is 4.46. The van der Waals surface area contributed by atoms with Gasteiger partial charge in [0.25, 0.3) is 0 Å². The Morgan fingerprint density at radius 2 is 1.73 bits per heavy atom. The Morgan fingerprint density at radius 3 is 2.47 bits per heavy atom. The summed E-state index contributed by atoms with van der Waals surface area (Å²) in [7, 11) is 0. The summed E-state index contributed by atoms with van der Waals surface area (Å²) in [5, 5.41) is 0. The monoisotopic (exact) mass is 409 g/mol. The molecule has 5 heteroatoms. The molecule has 2 aromatic carbocycles. The first-order chi connectivity index (χ1) is 14.5. The third-order valence-corrected chi connectivity index (χ3v) is 6.48. The standard InChI is InChI=1S/C25H29F2N3/c1-25(21-6-3-2-4-7-21)11-16-29(17-12-25)14-5-15-30-19-28-13-10-24(30)20-8-9-22(26)23(27)18-20/h2-4,6-10,13,18H,5,11-12,14-17,19H2,1H3. The number of allylic oxidation sites excluding steroid dienone is 1. The van der Waals surface area contributed by atoms with Crippen molar-refractivity contribution in [2.45, 2.75) is 31.6 Å². The van der Waals surface area contributed by atoms with Crippen LogP contribution in [0.3, 0.4) is 0 Å². The van der Waals surface area contributed by atoms with Crippen LogP contribution in [0.25, 0.3) is 5.70 Å².